The lowest BCUT2D eigenvalue weighted by Crippen LogP contribution is -2.15. The van der Waals surface area contributed by atoms with E-state index >= 15 is 0 Å². The van der Waals surface area contributed by atoms with Crippen molar-refractivity contribution < 1.29 is 18.0 Å². The number of halogens is 3. The van der Waals surface area contributed by atoms with Gasteiger partial charge in [0.25, 0.3) is 0 Å². The fourth-order valence-corrected chi connectivity index (χ4v) is 3.27. The van der Waals surface area contributed by atoms with Crippen LogP contribution in [-0.2, 0) is 30.4 Å². The molecule has 4 aromatic rings. The summed E-state index contributed by atoms with van der Waals surface area (Å²) >= 11 is 0. The van der Waals surface area contributed by atoms with Gasteiger partial charge >= 0.3 is 6.18 Å². The average molecular weight is 466 g/mol. The summed E-state index contributed by atoms with van der Waals surface area (Å²) in [5.41, 5.74) is 2.67. The van der Waals surface area contributed by atoms with Crippen LogP contribution in [0.4, 0.5) is 19.0 Å². The van der Waals surface area contributed by atoms with Crippen LogP contribution in [0.25, 0.3) is 11.1 Å². The summed E-state index contributed by atoms with van der Waals surface area (Å²) in [5.74, 6) is 0.387. The van der Waals surface area contributed by atoms with E-state index in [4.69, 9.17) is 0 Å². The maximum Gasteiger partial charge on any atom is 0.417 e. The number of anilines is 1. The van der Waals surface area contributed by atoms with Gasteiger partial charge in [-0.2, -0.15) is 18.3 Å². The molecular weight excluding hydrogens is 445 g/mol. The molecule has 3 heterocycles. The molecule has 0 bridgehead atoms. The number of hydrogen-bond acceptors (Lipinski definition) is 5. The van der Waals surface area contributed by atoms with Crippen molar-refractivity contribution >= 4 is 11.7 Å². The molecule has 10 heteroatoms. The second-order valence-electron chi connectivity index (χ2n) is 7.62. The standard InChI is InChI=1S/C24H21F3N6O/c1-2-33-15-17(11-31-33)9-22-28-12-19(13-29-22)18-5-3-16(4-6-18)10-23(34)32-21-8-7-20(14-30-21)24(25,26)27/h3-8,11-15H,2,9-10H2,1H3,(H,30,32,34). The summed E-state index contributed by atoms with van der Waals surface area (Å²) in [5, 5.41) is 6.75. The molecule has 0 fully saturated rings. The van der Waals surface area contributed by atoms with Crippen LogP contribution >= 0.6 is 0 Å². The van der Waals surface area contributed by atoms with Crippen LogP contribution < -0.4 is 5.32 Å². The first-order valence-electron chi connectivity index (χ1n) is 10.5. The second-order valence-corrected chi connectivity index (χ2v) is 7.62. The van der Waals surface area contributed by atoms with Crippen molar-refractivity contribution in [2.45, 2.75) is 32.5 Å². The lowest BCUT2D eigenvalue weighted by Gasteiger charge is -2.08. The van der Waals surface area contributed by atoms with Gasteiger partial charge in [-0.25, -0.2) is 15.0 Å². The van der Waals surface area contributed by atoms with Gasteiger partial charge in [-0.15, -0.1) is 0 Å². The molecule has 4 rings (SSSR count). The lowest BCUT2D eigenvalue weighted by atomic mass is 10.0. The molecule has 1 N–H and O–H groups in total. The quantitative estimate of drug-likeness (QED) is 0.432. The summed E-state index contributed by atoms with van der Waals surface area (Å²) in [7, 11) is 0. The molecule has 0 saturated carbocycles. The smallest absolute Gasteiger partial charge is 0.310 e. The van der Waals surface area contributed by atoms with E-state index < -0.39 is 11.7 Å². The molecule has 0 radical (unpaired) electrons. The second kappa shape index (κ2) is 9.82. The normalized spacial score (nSPS) is 11.4. The molecule has 1 aromatic carbocycles. The Morgan fingerprint density at radius 2 is 1.65 bits per heavy atom. The number of benzene rings is 1. The molecule has 7 nitrogen and oxygen atoms in total. The number of pyridine rings is 1. The Balaban J connectivity index is 1.34. The minimum atomic E-state index is -4.47. The van der Waals surface area contributed by atoms with E-state index in [1.807, 2.05) is 48.3 Å². The Morgan fingerprint density at radius 3 is 2.24 bits per heavy atom. The highest BCUT2D eigenvalue weighted by molar-refractivity contribution is 5.91. The van der Waals surface area contributed by atoms with Crippen LogP contribution in [0.3, 0.4) is 0 Å². The molecule has 0 aliphatic heterocycles. The third kappa shape index (κ3) is 5.83. The third-order valence-electron chi connectivity index (χ3n) is 5.09. The molecular formula is C24H21F3N6O. The van der Waals surface area contributed by atoms with E-state index in [2.05, 4.69) is 25.4 Å². The SMILES string of the molecule is CCn1cc(Cc2ncc(-c3ccc(CC(=O)Nc4ccc(C(F)(F)F)cn4)cc3)cn2)cn1. The van der Waals surface area contributed by atoms with Gasteiger partial charge in [-0.3, -0.25) is 9.48 Å². The summed E-state index contributed by atoms with van der Waals surface area (Å²) in [6, 6.07) is 9.35. The fraction of sp³-hybridized carbons (Fsp3) is 0.208. The Bertz CT molecular complexity index is 1250. The van der Waals surface area contributed by atoms with Crippen LogP contribution in [0.2, 0.25) is 0 Å². The van der Waals surface area contributed by atoms with Gasteiger partial charge in [0.05, 0.1) is 18.2 Å². The number of hydrogen-bond donors (Lipinski definition) is 1. The summed E-state index contributed by atoms with van der Waals surface area (Å²) < 4.78 is 39.7. The van der Waals surface area contributed by atoms with Crippen molar-refractivity contribution in [1.82, 2.24) is 24.7 Å². The van der Waals surface area contributed by atoms with Gasteiger partial charge in [0.1, 0.15) is 11.6 Å². The maximum absolute atomic E-state index is 12.6. The van der Waals surface area contributed by atoms with Crippen molar-refractivity contribution in [3.63, 3.8) is 0 Å². The highest BCUT2D eigenvalue weighted by Gasteiger charge is 2.30. The minimum absolute atomic E-state index is 0.0594. The number of rotatable bonds is 7. The zero-order valence-electron chi connectivity index (χ0n) is 18.3. The summed E-state index contributed by atoms with van der Waals surface area (Å²) in [4.78, 5) is 24.7. The Labute approximate surface area is 193 Å². The van der Waals surface area contributed by atoms with Crippen molar-refractivity contribution in [1.29, 1.82) is 0 Å². The van der Waals surface area contributed by atoms with E-state index in [1.54, 1.807) is 12.4 Å². The van der Waals surface area contributed by atoms with Gasteiger partial charge in [0.2, 0.25) is 5.91 Å². The van der Waals surface area contributed by atoms with E-state index in [0.717, 1.165) is 40.9 Å². The zero-order valence-corrected chi connectivity index (χ0v) is 18.3. The molecule has 34 heavy (non-hydrogen) atoms. The van der Waals surface area contributed by atoms with Crippen LogP contribution in [0, 0.1) is 0 Å². The maximum atomic E-state index is 12.6. The van der Waals surface area contributed by atoms with Gasteiger partial charge in [0.15, 0.2) is 0 Å². The number of amides is 1. The summed E-state index contributed by atoms with van der Waals surface area (Å²) in [6.07, 6.45) is 4.17. The molecule has 0 aliphatic rings. The highest BCUT2D eigenvalue weighted by Crippen LogP contribution is 2.28. The number of aryl methyl sites for hydroxylation is 1. The monoisotopic (exact) mass is 466 g/mol. The number of aromatic nitrogens is 5. The molecule has 0 unspecified atom stereocenters. The van der Waals surface area contributed by atoms with E-state index in [-0.39, 0.29) is 18.1 Å². The highest BCUT2D eigenvalue weighted by atomic mass is 19.4. The molecule has 1 amide bonds. The van der Waals surface area contributed by atoms with Gasteiger partial charge in [-0.1, -0.05) is 24.3 Å². The molecule has 0 atom stereocenters. The summed E-state index contributed by atoms with van der Waals surface area (Å²) in [6.45, 7) is 2.83. The molecule has 0 saturated heterocycles. The third-order valence-corrected chi connectivity index (χ3v) is 5.09. The van der Waals surface area contributed by atoms with Crippen molar-refractivity contribution in [3.05, 3.63) is 89.9 Å². The largest absolute Gasteiger partial charge is 0.417 e. The van der Waals surface area contributed by atoms with Gasteiger partial charge < -0.3 is 5.32 Å². The van der Waals surface area contributed by atoms with Crippen LogP contribution in [0.1, 0.15) is 29.4 Å². The number of nitrogens with one attached hydrogen (secondary N) is 1. The molecule has 3 aromatic heterocycles. The fourth-order valence-electron chi connectivity index (χ4n) is 3.27. The van der Waals surface area contributed by atoms with Crippen molar-refractivity contribution in [3.8, 4) is 11.1 Å². The van der Waals surface area contributed by atoms with Crippen molar-refractivity contribution in [2.75, 3.05) is 5.32 Å². The zero-order chi connectivity index (χ0) is 24.1. The predicted molar refractivity (Wildman–Crippen MR) is 120 cm³/mol. The molecule has 0 aliphatic carbocycles. The lowest BCUT2D eigenvalue weighted by molar-refractivity contribution is -0.137. The minimum Gasteiger partial charge on any atom is -0.310 e. The Kier molecular flexibility index (Phi) is 6.67. The predicted octanol–water partition coefficient (Wildman–Crippen LogP) is 4.55. The topological polar surface area (TPSA) is 85.6 Å². The average Bonchev–Trinajstić information content (AvgIpc) is 3.27. The number of carbonyl (C=O) groups excluding carboxylic acids is 1. The number of carbonyl (C=O) groups is 1. The van der Waals surface area contributed by atoms with E-state index in [0.29, 0.717) is 18.4 Å². The number of alkyl halides is 3. The van der Waals surface area contributed by atoms with Gasteiger partial charge in [0, 0.05) is 43.3 Å². The van der Waals surface area contributed by atoms with Gasteiger partial charge in [-0.05, 0) is 35.7 Å². The number of nitrogens with zero attached hydrogens (tertiary/aromatic N) is 5. The van der Waals surface area contributed by atoms with Crippen molar-refractivity contribution in [2.24, 2.45) is 0 Å². The first kappa shape index (κ1) is 23.1. The first-order valence-corrected chi connectivity index (χ1v) is 10.5. The molecule has 174 valence electrons. The van der Waals surface area contributed by atoms with Crippen LogP contribution in [-0.4, -0.2) is 30.6 Å². The van der Waals surface area contributed by atoms with E-state index in [9.17, 15) is 18.0 Å². The van der Waals surface area contributed by atoms with Crippen LogP contribution in [0.5, 0.6) is 0 Å². The molecule has 0 spiro atoms. The van der Waals surface area contributed by atoms with Crippen LogP contribution in [0.15, 0.2) is 67.4 Å². The first-order chi connectivity index (χ1) is 16.3. The Hall–Kier alpha value is -4.08. The Morgan fingerprint density at radius 1 is 0.912 bits per heavy atom. The van der Waals surface area contributed by atoms with E-state index in [1.165, 1.54) is 0 Å².